The number of carbonyl (C=O) groups excluding carboxylic acids is 6. The molecule has 0 spiro atoms. The molecule has 0 N–H and O–H groups in total. The molecule has 0 amide bonds. The maximum Gasteiger partial charge on any atom is 1.00 e. The molecule has 0 heterocycles. The Bertz CT molecular complexity index is 613. The first-order valence-corrected chi connectivity index (χ1v) is 9.87. The van der Waals surface area contributed by atoms with Gasteiger partial charge in [0.05, 0.1) is 35.8 Å². The average Bonchev–Trinajstić information content (AvgIpc) is 2.63. The third kappa shape index (κ3) is 36.8. The zero-order valence-electron chi connectivity index (χ0n) is 24.2. The van der Waals surface area contributed by atoms with Crippen LogP contribution in [0.5, 0.6) is 0 Å². The van der Waals surface area contributed by atoms with Crippen molar-refractivity contribution < 1.29 is 237 Å². The van der Waals surface area contributed by atoms with E-state index >= 15 is 0 Å². The second-order valence-corrected chi connectivity index (χ2v) is 7.21. The van der Waals surface area contributed by atoms with Gasteiger partial charge in [-0.3, -0.25) is 19.6 Å². The number of aliphatic carboxylic acids is 6. The molecule has 22 heteroatoms. The number of hydrogen-bond acceptors (Lipinski definition) is 16. The van der Waals surface area contributed by atoms with Gasteiger partial charge in [-0.15, -0.1) is 0 Å². The smallest absolute Gasteiger partial charge is 0.549 e. The summed E-state index contributed by atoms with van der Waals surface area (Å²) < 4.78 is 0. The van der Waals surface area contributed by atoms with E-state index in [9.17, 15) is 59.4 Å². The van der Waals surface area contributed by atoms with Crippen LogP contribution in [0, 0.1) is 0 Å². The van der Waals surface area contributed by atoms with Crippen LogP contribution < -0.4 is 208 Å². The Morgan fingerprint density at radius 2 is 0.425 bits per heavy atom. The Balaban J connectivity index is -0.000000363. The van der Waals surface area contributed by atoms with Crippen molar-refractivity contribution in [2.24, 2.45) is 0 Å². The van der Waals surface area contributed by atoms with Crippen LogP contribution in [0.3, 0.4) is 0 Å². The standard InChI is InChI=1S/C18H30N4O12.6Na/c23-13(24)7-20(8-14(25)26)4-1-19(2-5-21(9-15(27)28)10-16(29)30)3-6-22(11-17(31)32)12-18(33)34;;;;;;/h1-12H2,(H,23,24)(H,25,26)(H,27,28)(H,29,30)(H,31,32)(H,33,34);;;;;;/q;6*+1/p-6. The topological polar surface area (TPSA) is 254 Å². The molecule has 194 valence electrons. The molecule has 0 unspecified atom stereocenters. The Kier molecular flexibility index (Phi) is 50.3. The van der Waals surface area contributed by atoms with E-state index in [0.717, 1.165) is 14.7 Å². The van der Waals surface area contributed by atoms with E-state index in [1.54, 1.807) is 0 Å². The number of rotatable bonds is 21. The van der Waals surface area contributed by atoms with Crippen molar-refractivity contribution in [3.05, 3.63) is 0 Å². The third-order valence-corrected chi connectivity index (χ3v) is 4.31. The molecule has 0 aliphatic carbocycles. The van der Waals surface area contributed by atoms with E-state index in [1.165, 1.54) is 4.90 Å². The molecule has 0 saturated carbocycles. The summed E-state index contributed by atoms with van der Waals surface area (Å²) in [7, 11) is 0. The minimum Gasteiger partial charge on any atom is -0.549 e. The van der Waals surface area contributed by atoms with Crippen molar-refractivity contribution in [1.82, 2.24) is 19.6 Å². The second-order valence-electron chi connectivity index (χ2n) is 7.21. The Hall–Kier alpha value is 2.66. The van der Waals surface area contributed by atoms with E-state index in [0.29, 0.717) is 0 Å². The first kappa shape index (κ1) is 58.2. The van der Waals surface area contributed by atoms with Crippen molar-refractivity contribution in [3.8, 4) is 0 Å². The average molecular weight is 626 g/mol. The van der Waals surface area contributed by atoms with Gasteiger partial charge in [0.25, 0.3) is 0 Å². The van der Waals surface area contributed by atoms with Crippen LogP contribution in [-0.2, 0) is 28.8 Å². The normalized spacial score (nSPS) is 9.60. The predicted octanol–water partition coefficient (Wildman–Crippen LogP) is -29.3. The number of nitrogens with zero attached hydrogens (tertiary/aromatic N) is 4. The minimum absolute atomic E-state index is 0. The summed E-state index contributed by atoms with van der Waals surface area (Å²) in [5.41, 5.74) is 0. The first-order valence-electron chi connectivity index (χ1n) is 9.87. The molecule has 0 atom stereocenters. The molecular formula is C18H24N4Na6O12. The Morgan fingerprint density at radius 3 is 0.550 bits per heavy atom. The van der Waals surface area contributed by atoms with Gasteiger partial charge in [0.1, 0.15) is 0 Å². The van der Waals surface area contributed by atoms with Crippen LogP contribution in [0.4, 0.5) is 0 Å². The fraction of sp³-hybridized carbons (Fsp3) is 0.667. The molecule has 40 heavy (non-hydrogen) atoms. The molecule has 0 aliphatic heterocycles. The van der Waals surface area contributed by atoms with Gasteiger partial charge in [0.15, 0.2) is 0 Å². The summed E-state index contributed by atoms with van der Waals surface area (Å²) in [5.74, 6) is -9.36. The van der Waals surface area contributed by atoms with Crippen LogP contribution >= 0.6 is 0 Å². The van der Waals surface area contributed by atoms with E-state index in [-0.39, 0.29) is 217 Å². The fourth-order valence-electron chi connectivity index (χ4n) is 2.92. The molecule has 0 saturated heterocycles. The molecule has 0 radical (unpaired) electrons. The first-order chi connectivity index (χ1) is 15.8. The molecule has 0 fully saturated rings. The van der Waals surface area contributed by atoms with Crippen LogP contribution in [-0.4, -0.2) is 134 Å². The molecule has 0 aromatic rings. The van der Waals surface area contributed by atoms with E-state index in [4.69, 9.17) is 0 Å². The third-order valence-electron chi connectivity index (χ3n) is 4.31. The fourth-order valence-corrected chi connectivity index (χ4v) is 2.92. The monoisotopic (exact) mass is 626 g/mol. The van der Waals surface area contributed by atoms with Crippen molar-refractivity contribution >= 4 is 35.8 Å². The van der Waals surface area contributed by atoms with Crippen LogP contribution in [0.15, 0.2) is 0 Å². The van der Waals surface area contributed by atoms with E-state index < -0.39 is 75.1 Å². The van der Waals surface area contributed by atoms with Gasteiger partial charge >= 0.3 is 177 Å². The Labute approximate surface area is 364 Å². The molecule has 0 aromatic carbocycles. The largest absolute Gasteiger partial charge is 1.00 e. The van der Waals surface area contributed by atoms with Crippen LogP contribution in [0.1, 0.15) is 0 Å². The number of carboxylic acid groups (broad SMARTS) is 6. The maximum absolute atomic E-state index is 10.8. The number of hydrogen-bond donors (Lipinski definition) is 0. The minimum atomic E-state index is -1.56. The van der Waals surface area contributed by atoms with Crippen molar-refractivity contribution in [2.45, 2.75) is 0 Å². The summed E-state index contributed by atoms with van der Waals surface area (Å²) >= 11 is 0. The summed E-state index contributed by atoms with van der Waals surface area (Å²) in [6.07, 6.45) is 0. The molecule has 0 aromatic heterocycles. The van der Waals surface area contributed by atoms with Gasteiger partial charge in [-0.1, -0.05) is 0 Å². The van der Waals surface area contributed by atoms with Crippen LogP contribution in [0.2, 0.25) is 0 Å². The van der Waals surface area contributed by atoms with Gasteiger partial charge in [0.2, 0.25) is 0 Å². The van der Waals surface area contributed by atoms with Gasteiger partial charge in [-0.25, -0.2) is 0 Å². The van der Waals surface area contributed by atoms with Gasteiger partial charge < -0.3 is 59.4 Å². The Morgan fingerprint density at radius 1 is 0.300 bits per heavy atom. The van der Waals surface area contributed by atoms with E-state index in [1.807, 2.05) is 0 Å². The maximum atomic E-state index is 10.8. The predicted molar refractivity (Wildman–Crippen MR) is 95.8 cm³/mol. The zero-order valence-corrected chi connectivity index (χ0v) is 36.2. The zero-order chi connectivity index (χ0) is 26.3. The van der Waals surface area contributed by atoms with Gasteiger partial charge in [0, 0.05) is 78.5 Å². The number of carbonyl (C=O) groups is 6. The molecule has 0 rings (SSSR count). The number of carboxylic acids is 6. The van der Waals surface area contributed by atoms with Crippen molar-refractivity contribution in [2.75, 3.05) is 78.5 Å². The quantitative estimate of drug-likeness (QED) is 0.107. The summed E-state index contributed by atoms with van der Waals surface area (Å²) in [5, 5.41) is 65.0. The molecule has 0 aliphatic rings. The SMILES string of the molecule is O=C([O-])CN(CCN(CCN(CC(=O)[O-])CC(=O)[O-])CCN(CC(=O)[O-])CC(=O)[O-])CC(=O)[O-].[Na+].[Na+].[Na+].[Na+].[Na+].[Na+]. The van der Waals surface area contributed by atoms with Crippen LogP contribution in [0.25, 0.3) is 0 Å². The molecular weight excluding hydrogens is 602 g/mol. The van der Waals surface area contributed by atoms with Crippen molar-refractivity contribution in [3.63, 3.8) is 0 Å². The summed E-state index contributed by atoms with van der Waals surface area (Å²) in [6, 6.07) is 0. The summed E-state index contributed by atoms with van der Waals surface area (Å²) in [4.78, 5) is 69.4. The summed E-state index contributed by atoms with van der Waals surface area (Å²) in [6.45, 7) is -5.10. The molecule has 16 nitrogen and oxygen atoms in total. The van der Waals surface area contributed by atoms with Gasteiger partial charge in [-0.05, 0) is 0 Å². The van der Waals surface area contributed by atoms with E-state index in [2.05, 4.69) is 0 Å². The van der Waals surface area contributed by atoms with Gasteiger partial charge in [-0.2, -0.15) is 0 Å². The van der Waals surface area contributed by atoms with Crippen molar-refractivity contribution in [1.29, 1.82) is 0 Å². The molecule has 0 bridgehead atoms. The second kappa shape index (κ2) is 34.5.